The molecule has 0 saturated carbocycles. The molecule has 6 heteroatoms. The zero-order valence-corrected chi connectivity index (χ0v) is 11.2. The zero-order chi connectivity index (χ0) is 14.5. The van der Waals surface area contributed by atoms with Crippen LogP contribution in [0.3, 0.4) is 0 Å². The lowest BCUT2D eigenvalue weighted by molar-refractivity contribution is 0.0846. The molecule has 2 rings (SSSR count). The highest BCUT2D eigenvalue weighted by molar-refractivity contribution is 5.99. The van der Waals surface area contributed by atoms with E-state index in [-0.39, 0.29) is 5.91 Å². The number of hydrogen-bond acceptors (Lipinski definition) is 4. The van der Waals surface area contributed by atoms with E-state index in [9.17, 15) is 9.59 Å². The maximum absolute atomic E-state index is 11.9. The standard InChI is InChI=1S/C14H15N3O3/c1-17(2)12-5-3-4-10(8-12)13(18)15-16-14(19)11-6-7-20-9-11/h3-9H,1-2H3,(H,15,18)(H,16,19). The average molecular weight is 273 g/mol. The van der Waals surface area contributed by atoms with Crippen molar-refractivity contribution in [1.82, 2.24) is 10.9 Å². The number of nitrogens with zero attached hydrogens (tertiary/aromatic N) is 1. The van der Waals surface area contributed by atoms with Crippen LogP contribution in [0, 0.1) is 0 Å². The lowest BCUT2D eigenvalue weighted by Gasteiger charge is -2.13. The van der Waals surface area contributed by atoms with Gasteiger partial charge in [-0.3, -0.25) is 20.4 Å². The van der Waals surface area contributed by atoms with Crippen molar-refractivity contribution in [2.45, 2.75) is 0 Å². The molecule has 0 spiro atoms. The SMILES string of the molecule is CN(C)c1cccc(C(=O)NNC(=O)c2ccoc2)c1. The van der Waals surface area contributed by atoms with E-state index in [1.165, 1.54) is 18.6 Å². The van der Waals surface area contributed by atoms with Gasteiger partial charge in [-0.05, 0) is 24.3 Å². The summed E-state index contributed by atoms with van der Waals surface area (Å²) in [4.78, 5) is 25.4. The Labute approximate surface area is 116 Å². The highest BCUT2D eigenvalue weighted by Gasteiger charge is 2.10. The fourth-order valence-electron chi connectivity index (χ4n) is 1.58. The van der Waals surface area contributed by atoms with Crippen molar-refractivity contribution in [3.63, 3.8) is 0 Å². The molecule has 2 amide bonds. The minimum Gasteiger partial charge on any atom is -0.472 e. The third kappa shape index (κ3) is 3.17. The van der Waals surface area contributed by atoms with Gasteiger partial charge in [-0.15, -0.1) is 0 Å². The molecule has 1 aromatic heterocycles. The monoisotopic (exact) mass is 273 g/mol. The molecule has 104 valence electrons. The summed E-state index contributed by atoms with van der Waals surface area (Å²) < 4.78 is 4.79. The molecule has 6 nitrogen and oxygen atoms in total. The van der Waals surface area contributed by atoms with Crippen LogP contribution in [0.4, 0.5) is 5.69 Å². The number of anilines is 1. The molecule has 2 aromatic rings. The maximum Gasteiger partial charge on any atom is 0.272 e. The Balaban J connectivity index is 1.98. The summed E-state index contributed by atoms with van der Waals surface area (Å²) in [6, 6.07) is 8.59. The van der Waals surface area contributed by atoms with Gasteiger partial charge in [-0.25, -0.2) is 0 Å². The first kappa shape index (κ1) is 13.7. The van der Waals surface area contributed by atoms with Crippen molar-refractivity contribution in [3.05, 3.63) is 54.0 Å². The third-order valence-electron chi connectivity index (χ3n) is 2.70. The number of hydrogen-bond donors (Lipinski definition) is 2. The molecule has 0 unspecified atom stereocenters. The van der Waals surface area contributed by atoms with Gasteiger partial charge in [-0.1, -0.05) is 6.07 Å². The summed E-state index contributed by atoms with van der Waals surface area (Å²) in [6.07, 6.45) is 2.69. The van der Waals surface area contributed by atoms with Crippen molar-refractivity contribution < 1.29 is 14.0 Å². The molecule has 0 fully saturated rings. The van der Waals surface area contributed by atoms with Crippen LogP contribution in [0.25, 0.3) is 0 Å². The van der Waals surface area contributed by atoms with Gasteiger partial charge < -0.3 is 9.32 Å². The van der Waals surface area contributed by atoms with E-state index in [1.54, 1.807) is 18.2 Å². The minimum absolute atomic E-state index is 0.340. The maximum atomic E-state index is 11.9. The zero-order valence-electron chi connectivity index (χ0n) is 11.2. The normalized spacial score (nSPS) is 9.90. The molecule has 0 radical (unpaired) electrons. The lowest BCUT2D eigenvalue weighted by atomic mass is 10.2. The highest BCUT2D eigenvalue weighted by Crippen LogP contribution is 2.13. The second-order valence-electron chi connectivity index (χ2n) is 4.37. The van der Waals surface area contributed by atoms with E-state index < -0.39 is 5.91 Å². The summed E-state index contributed by atoms with van der Waals surface area (Å²) in [5, 5.41) is 0. The predicted octanol–water partition coefficient (Wildman–Crippen LogP) is 1.42. The fourth-order valence-corrected chi connectivity index (χ4v) is 1.58. The molecule has 0 atom stereocenters. The van der Waals surface area contributed by atoms with E-state index in [2.05, 4.69) is 10.9 Å². The van der Waals surface area contributed by atoms with E-state index in [0.717, 1.165) is 5.69 Å². The molecule has 0 aliphatic heterocycles. The van der Waals surface area contributed by atoms with Crippen molar-refractivity contribution in [3.8, 4) is 0 Å². The summed E-state index contributed by atoms with van der Waals surface area (Å²) >= 11 is 0. The van der Waals surface area contributed by atoms with Gasteiger partial charge in [0.15, 0.2) is 0 Å². The topological polar surface area (TPSA) is 74.6 Å². The highest BCUT2D eigenvalue weighted by atomic mass is 16.3. The van der Waals surface area contributed by atoms with Crippen LogP contribution in [-0.2, 0) is 0 Å². The van der Waals surface area contributed by atoms with Gasteiger partial charge in [0.25, 0.3) is 11.8 Å². The second kappa shape index (κ2) is 5.92. The molecule has 1 aromatic carbocycles. The summed E-state index contributed by atoms with van der Waals surface area (Å²) in [7, 11) is 3.77. The number of furan rings is 1. The first-order chi connectivity index (χ1) is 9.58. The molecular weight excluding hydrogens is 258 g/mol. The first-order valence-electron chi connectivity index (χ1n) is 5.98. The Morgan fingerprint density at radius 3 is 2.35 bits per heavy atom. The summed E-state index contributed by atoms with van der Waals surface area (Å²) in [5.41, 5.74) is 6.38. The largest absolute Gasteiger partial charge is 0.472 e. The number of amides is 2. The molecule has 0 saturated heterocycles. The fraction of sp³-hybridized carbons (Fsp3) is 0.143. The number of carbonyl (C=O) groups is 2. The Morgan fingerprint density at radius 1 is 1.05 bits per heavy atom. The Hall–Kier alpha value is -2.76. The van der Waals surface area contributed by atoms with Gasteiger partial charge >= 0.3 is 0 Å². The number of nitrogens with one attached hydrogen (secondary N) is 2. The molecule has 20 heavy (non-hydrogen) atoms. The van der Waals surface area contributed by atoms with E-state index in [4.69, 9.17) is 4.42 Å². The average Bonchev–Trinajstić information content (AvgIpc) is 2.98. The van der Waals surface area contributed by atoms with Gasteiger partial charge in [0, 0.05) is 25.3 Å². The third-order valence-corrected chi connectivity index (χ3v) is 2.70. The van der Waals surface area contributed by atoms with Gasteiger partial charge in [0.2, 0.25) is 0 Å². The molecular formula is C14H15N3O3. The van der Waals surface area contributed by atoms with Crippen LogP contribution < -0.4 is 15.8 Å². The van der Waals surface area contributed by atoms with Crippen LogP contribution >= 0.6 is 0 Å². The summed E-state index contributed by atoms with van der Waals surface area (Å²) in [5.74, 6) is -0.818. The molecule has 1 heterocycles. The molecule has 0 bridgehead atoms. The lowest BCUT2D eigenvalue weighted by Crippen LogP contribution is -2.41. The predicted molar refractivity (Wildman–Crippen MR) is 74.4 cm³/mol. The number of rotatable bonds is 3. The second-order valence-corrected chi connectivity index (χ2v) is 4.37. The van der Waals surface area contributed by atoms with Crippen LogP contribution in [0.1, 0.15) is 20.7 Å². The Kier molecular flexibility index (Phi) is 4.05. The van der Waals surface area contributed by atoms with Crippen LogP contribution in [0.2, 0.25) is 0 Å². The van der Waals surface area contributed by atoms with Crippen molar-refractivity contribution in [2.75, 3.05) is 19.0 Å². The van der Waals surface area contributed by atoms with Crippen molar-refractivity contribution in [1.29, 1.82) is 0 Å². The van der Waals surface area contributed by atoms with E-state index >= 15 is 0 Å². The smallest absolute Gasteiger partial charge is 0.272 e. The quantitative estimate of drug-likeness (QED) is 0.829. The molecule has 0 aliphatic carbocycles. The van der Waals surface area contributed by atoms with Crippen LogP contribution in [0.15, 0.2) is 47.3 Å². The van der Waals surface area contributed by atoms with Gasteiger partial charge in [0.05, 0.1) is 11.8 Å². The van der Waals surface area contributed by atoms with Crippen molar-refractivity contribution in [2.24, 2.45) is 0 Å². The van der Waals surface area contributed by atoms with Gasteiger partial charge in [-0.2, -0.15) is 0 Å². The van der Waals surface area contributed by atoms with Crippen LogP contribution in [0.5, 0.6) is 0 Å². The number of benzene rings is 1. The summed E-state index contributed by atoms with van der Waals surface area (Å²) in [6.45, 7) is 0. The Morgan fingerprint density at radius 2 is 1.75 bits per heavy atom. The minimum atomic E-state index is -0.434. The number of carbonyl (C=O) groups excluding carboxylic acids is 2. The van der Waals surface area contributed by atoms with Gasteiger partial charge in [0.1, 0.15) is 6.26 Å². The van der Waals surface area contributed by atoms with Crippen LogP contribution in [-0.4, -0.2) is 25.9 Å². The Bertz CT molecular complexity index is 606. The van der Waals surface area contributed by atoms with Crippen molar-refractivity contribution >= 4 is 17.5 Å². The molecule has 2 N–H and O–H groups in total. The van der Waals surface area contributed by atoms with E-state index in [0.29, 0.717) is 11.1 Å². The van der Waals surface area contributed by atoms with E-state index in [1.807, 2.05) is 25.1 Å². The first-order valence-corrected chi connectivity index (χ1v) is 5.98. The molecule has 0 aliphatic rings. The number of hydrazine groups is 1.